The first-order valence-electron chi connectivity index (χ1n) is 21.5. The van der Waals surface area contributed by atoms with E-state index in [-0.39, 0.29) is 77.2 Å². The lowest BCUT2D eigenvalue weighted by atomic mass is 9.72. The van der Waals surface area contributed by atoms with Crippen LogP contribution in [-0.4, -0.2) is 67.7 Å². The van der Waals surface area contributed by atoms with Gasteiger partial charge in [0.1, 0.15) is 17.3 Å². The number of aliphatic hydroxyl groups excluding tert-OH is 1. The van der Waals surface area contributed by atoms with Crippen molar-refractivity contribution in [3.63, 3.8) is 0 Å². The van der Waals surface area contributed by atoms with Gasteiger partial charge in [-0.1, -0.05) is 106 Å². The number of ketones is 3. The van der Waals surface area contributed by atoms with Crippen LogP contribution < -0.4 is 0 Å². The first kappa shape index (κ1) is 48.0. The van der Waals surface area contributed by atoms with Crippen LogP contribution in [0.4, 0.5) is 0 Å². The highest BCUT2D eigenvalue weighted by atomic mass is 16.6. The summed E-state index contributed by atoms with van der Waals surface area (Å²) < 4.78 is 6.20. The van der Waals surface area contributed by atoms with Crippen LogP contribution in [0, 0.1) is 34.5 Å². The summed E-state index contributed by atoms with van der Waals surface area (Å²) >= 11 is 0. The molecular weight excluding hydrogens is 688 g/mol. The molecule has 0 spiro atoms. The third kappa shape index (κ3) is 15.1. The lowest BCUT2D eigenvalue weighted by molar-refractivity contribution is -0.316. The fraction of sp³-hybridized carbons (Fsp3) is 0.886. The van der Waals surface area contributed by atoms with E-state index in [1.807, 2.05) is 13.8 Å². The van der Waals surface area contributed by atoms with Crippen molar-refractivity contribution in [1.29, 1.82) is 0 Å². The SMILES string of the molecule is CCCCC(C)(C)C(=O)CC[C@@H]1C(CCCCCCC(=O)O)C(=O)C[C@H]1O.CCCCC(C)(C)C1(O)CC[C@H]2[C@@H](CC(=O)[C@@H]2CCCCCCC(=O)O)O1. The minimum atomic E-state index is -1.13. The standard InChI is InChI=1S/2C22H38O5/c1-4-5-13-21(2,3)22(26)14-12-17-16(18(23)15-19(17)27-22)10-8-6-7-9-11-20(24)25;1-4-5-14-22(2,3)20(25)13-12-17-16(18(23)15-19(17)24)10-8-6-7-9-11-21(26)27/h16-17,19,26H,4-15H2,1-3H3,(H,24,25);16-17,19,24H,4-15H2,1-3H3,(H,26,27)/t16-,17-,19-,22?;16?,17-,19-/m11/s1. The molecule has 2 aliphatic carbocycles. The number of aliphatic carboxylic acids is 2. The molecule has 3 rings (SSSR count). The lowest BCUT2D eigenvalue weighted by Gasteiger charge is -2.48. The number of aliphatic hydroxyl groups is 2. The fourth-order valence-electron chi connectivity index (χ4n) is 9.04. The monoisotopic (exact) mass is 765 g/mol. The van der Waals surface area contributed by atoms with Crippen LogP contribution in [-0.2, 0) is 28.7 Å². The van der Waals surface area contributed by atoms with Crippen LogP contribution in [0.5, 0.6) is 0 Å². The van der Waals surface area contributed by atoms with Crippen molar-refractivity contribution in [3.8, 4) is 0 Å². The first-order chi connectivity index (χ1) is 25.4. The number of unbranched alkanes of at least 4 members (excludes halogenated alkanes) is 8. The Labute approximate surface area is 326 Å². The van der Waals surface area contributed by atoms with Gasteiger partial charge >= 0.3 is 11.9 Å². The highest BCUT2D eigenvalue weighted by molar-refractivity contribution is 5.86. The average Bonchev–Trinajstić information content (AvgIpc) is 3.55. The second-order valence-corrected chi connectivity index (χ2v) is 18.1. The van der Waals surface area contributed by atoms with E-state index in [9.17, 15) is 34.2 Å². The zero-order chi connectivity index (χ0) is 40.5. The second kappa shape index (κ2) is 23.2. The van der Waals surface area contributed by atoms with Crippen molar-refractivity contribution in [2.45, 2.75) is 214 Å². The number of hydrogen-bond donors (Lipinski definition) is 4. The molecule has 54 heavy (non-hydrogen) atoms. The van der Waals surface area contributed by atoms with Crippen LogP contribution in [0.15, 0.2) is 0 Å². The molecule has 0 aromatic heterocycles. The van der Waals surface area contributed by atoms with Crippen LogP contribution in [0.1, 0.15) is 196 Å². The Kier molecular flexibility index (Phi) is 20.6. The molecule has 2 unspecified atom stereocenters. The molecule has 7 atom stereocenters. The van der Waals surface area contributed by atoms with E-state index in [4.69, 9.17) is 14.9 Å². The molecule has 0 amide bonds. The Balaban J connectivity index is 0.000000373. The summed E-state index contributed by atoms with van der Waals surface area (Å²) in [5, 5.41) is 38.8. The summed E-state index contributed by atoms with van der Waals surface area (Å²) in [6.45, 7) is 12.4. The Hall–Kier alpha value is -2.17. The van der Waals surface area contributed by atoms with Gasteiger partial charge in [-0.2, -0.15) is 0 Å². The molecule has 3 fully saturated rings. The van der Waals surface area contributed by atoms with Crippen molar-refractivity contribution < 1.29 is 49.1 Å². The zero-order valence-electron chi connectivity index (χ0n) is 34.7. The Morgan fingerprint density at radius 1 is 0.704 bits per heavy atom. The topological polar surface area (TPSA) is 175 Å². The minimum Gasteiger partial charge on any atom is -0.481 e. The molecule has 2 saturated carbocycles. The van der Waals surface area contributed by atoms with Gasteiger partial charge in [-0.25, -0.2) is 0 Å². The van der Waals surface area contributed by atoms with E-state index in [0.29, 0.717) is 38.5 Å². The largest absolute Gasteiger partial charge is 0.481 e. The zero-order valence-corrected chi connectivity index (χ0v) is 34.7. The highest BCUT2D eigenvalue weighted by Gasteiger charge is 2.54. The Bertz CT molecular complexity index is 1190. The van der Waals surface area contributed by atoms with Crippen molar-refractivity contribution in [2.75, 3.05) is 0 Å². The predicted molar refractivity (Wildman–Crippen MR) is 210 cm³/mol. The maximum absolute atomic E-state index is 12.6. The summed E-state index contributed by atoms with van der Waals surface area (Å²) in [6, 6.07) is 0. The molecule has 1 heterocycles. The summed E-state index contributed by atoms with van der Waals surface area (Å²) in [5.41, 5.74) is -0.636. The molecule has 0 aromatic carbocycles. The molecule has 10 heteroatoms. The van der Waals surface area contributed by atoms with E-state index >= 15 is 0 Å². The van der Waals surface area contributed by atoms with E-state index < -0.39 is 23.8 Å². The summed E-state index contributed by atoms with van der Waals surface area (Å²) in [4.78, 5) is 58.5. The number of hydrogen-bond acceptors (Lipinski definition) is 8. The number of carbonyl (C=O) groups excluding carboxylic acids is 3. The van der Waals surface area contributed by atoms with Gasteiger partial charge in [0.25, 0.3) is 0 Å². The molecule has 1 aliphatic heterocycles. The van der Waals surface area contributed by atoms with E-state index in [1.165, 1.54) is 0 Å². The third-order valence-corrected chi connectivity index (χ3v) is 12.9. The smallest absolute Gasteiger partial charge is 0.303 e. The van der Waals surface area contributed by atoms with Crippen LogP contribution >= 0.6 is 0 Å². The first-order valence-corrected chi connectivity index (χ1v) is 21.5. The molecule has 1 saturated heterocycles. The maximum Gasteiger partial charge on any atom is 0.303 e. The molecular formula is C44H76O10. The molecule has 0 bridgehead atoms. The molecule has 0 aromatic rings. The van der Waals surface area contributed by atoms with E-state index in [1.54, 1.807) is 0 Å². The Morgan fingerprint density at radius 3 is 1.78 bits per heavy atom. The summed E-state index contributed by atoms with van der Waals surface area (Å²) in [5.74, 6) is -1.97. The van der Waals surface area contributed by atoms with Gasteiger partial charge in [0, 0.05) is 61.2 Å². The van der Waals surface area contributed by atoms with Crippen LogP contribution in [0.3, 0.4) is 0 Å². The van der Waals surface area contributed by atoms with Gasteiger partial charge in [0.15, 0.2) is 5.79 Å². The van der Waals surface area contributed by atoms with Gasteiger partial charge in [-0.05, 0) is 63.2 Å². The third-order valence-electron chi connectivity index (χ3n) is 12.9. The normalized spacial score (nSPS) is 27.0. The number of rotatable bonds is 25. The number of Topliss-reactive ketones (excluding diaryl/α,β-unsaturated/α-hetero) is 3. The molecule has 4 N–H and O–H groups in total. The average molecular weight is 765 g/mol. The van der Waals surface area contributed by atoms with Gasteiger partial charge in [0.05, 0.1) is 12.2 Å². The number of carboxylic acids is 2. The van der Waals surface area contributed by atoms with E-state index in [2.05, 4.69) is 27.7 Å². The van der Waals surface area contributed by atoms with Crippen molar-refractivity contribution in [2.24, 2.45) is 34.5 Å². The van der Waals surface area contributed by atoms with Crippen molar-refractivity contribution in [1.82, 2.24) is 0 Å². The number of fused-ring (bicyclic) bond motifs is 1. The predicted octanol–water partition coefficient (Wildman–Crippen LogP) is 9.24. The molecule has 3 aliphatic rings. The lowest BCUT2D eigenvalue weighted by Crippen LogP contribution is -2.53. The quantitative estimate of drug-likeness (QED) is 0.0656. The van der Waals surface area contributed by atoms with E-state index in [0.717, 1.165) is 96.3 Å². The van der Waals surface area contributed by atoms with Gasteiger partial charge in [-0.15, -0.1) is 0 Å². The molecule has 312 valence electrons. The van der Waals surface area contributed by atoms with Gasteiger partial charge in [0.2, 0.25) is 0 Å². The fourth-order valence-corrected chi connectivity index (χ4v) is 9.04. The van der Waals surface area contributed by atoms with Crippen LogP contribution in [0.2, 0.25) is 0 Å². The van der Waals surface area contributed by atoms with Gasteiger partial charge in [-0.3, -0.25) is 24.0 Å². The number of ether oxygens (including phenoxy) is 1. The van der Waals surface area contributed by atoms with Gasteiger partial charge < -0.3 is 25.2 Å². The minimum absolute atomic E-state index is 0.0535. The Morgan fingerprint density at radius 2 is 1.22 bits per heavy atom. The molecule has 10 nitrogen and oxygen atoms in total. The van der Waals surface area contributed by atoms with Crippen LogP contribution in [0.25, 0.3) is 0 Å². The highest BCUT2D eigenvalue weighted by Crippen LogP contribution is 2.50. The molecule has 0 radical (unpaired) electrons. The summed E-state index contributed by atoms with van der Waals surface area (Å²) in [6.07, 6.45) is 17.3. The number of carboxylic acid groups (broad SMARTS) is 2. The second-order valence-electron chi connectivity index (χ2n) is 18.1. The summed E-state index contributed by atoms with van der Waals surface area (Å²) in [7, 11) is 0. The van der Waals surface area contributed by atoms with Crippen molar-refractivity contribution >= 4 is 29.3 Å². The number of carbonyl (C=O) groups is 5. The van der Waals surface area contributed by atoms with Crippen molar-refractivity contribution in [3.05, 3.63) is 0 Å². The maximum atomic E-state index is 12.6.